The second kappa shape index (κ2) is 4.72. The van der Waals surface area contributed by atoms with E-state index in [1.54, 1.807) is 6.26 Å². The van der Waals surface area contributed by atoms with E-state index in [1.807, 2.05) is 6.07 Å². The Hall–Kier alpha value is -0.655. The molecule has 74 valence electrons. The fourth-order valence-electron chi connectivity index (χ4n) is 2.42. The molecule has 1 aliphatic rings. The Morgan fingerprint density at radius 2 is 2.36 bits per heavy atom. The Balaban J connectivity index is 1.68. The zero-order valence-corrected chi connectivity index (χ0v) is 8.61. The minimum absolute atomic E-state index is 0.464. The number of furan rings is 1. The van der Waals surface area contributed by atoms with Gasteiger partial charge < -0.3 is 4.42 Å². The van der Waals surface area contributed by atoms with E-state index in [0.717, 1.165) is 18.1 Å². The van der Waals surface area contributed by atoms with Gasteiger partial charge in [-0.2, -0.15) is 0 Å². The normalized spacial score (nSPS) is 26.9. The summed E-state index contributed by atoms with van der Waals surface area (Å²) in [5.74, 6) is 2.34. The third-order valence-electron chi connectivity index (χ3n) is 3.30. The maximum absolute atomic E-state index is 6.01. The average molecular weight is 188 g/mol. The van der Waals surface area contributed by atoms with Gasteiger partial charge in [0.25, 0.3) is 0 Å². The van der Waals surface area contributed by atoms with Gasteiger partial charge in [-0.05, 0) is 24.5 Å². The standard InChI is InChI=1S/C12H17BO/c13-12-8-2-5-10(12)4-1-6-11-7-3-9-14-11/h3,7,9-10,12H,1-2,4-6,8H2. The molecule has 2 rings (SSSR count). The Morgan fingerprint density at radius 1 is 1.43 bits per heavy atom. The highest BCUT2D eigenvalue weighted by molar-refractivity contribution is 6.11. The number of aryl methyl sites for hydroxylation is 1. The lowest BCUT2D eigenvalue weighted by Crippen LogP contribution is -2.02. The van der Waals surface area contributed by atoms with Crippen LogP contribution in [0.4, 0.5) is 0 Å². The van der Waals surface area contributed by atoms with Crippen molar-refractivity contribution in [2.45, 2.75) is 44.3 Å². The van der Waals surface area contributed by atoms with Crippen LogP contribution in [0.5, 0.6) is 0 Å². The third-order valence-corrected chi connectivity index (χ3v) is 3.30. The van der Waals surface area contributed by atoms with Gasteiger partial charge in [-0.1, -0.05) is 31.5 Å². The first-order valence-electron chi connectivity index (χ1n) is 5.64. The summed E-state index contributed by atoms with van der Waals surface area (Å²) in [5, 5.41) is 0. The molecule has 1 aliphatic carbocycles. The largest absolute Gasteiger partial charge is 0.469 e. The maximum atomic E-state index is 6.01. The SMILES string of the molecule is [B]C1CCCC1CCCc1ccco1. The summed E-state index contributed by atoms with van der Waals surface area (Å²) in [5.41, 5.74) is 0. The molecule has 0 bridgehead atoms. The van der Waals surface area contributed by atoms with Gasteiger partial charge in [0, 0.05) is 6.42 Å². The van der Waals surface area contributed by atoms with E-state index in [-0.39, 0.29) is 0 Å². The van der Waals surface area contributed by atoms with Crippen molar-refractivity contribution in [2.24, 2.45) is 5.92 Å². The fourth-order valence-corrected chi connectivity index (χ4v) is 2.42. The quantitative estimate of drug-likeness (QED) is 0.660. The molecule has 0 saturated heterocycles. The van der Waals surface area contributed by atoms with Crippen LogP contribution >= 0.6 is 0 Å². The van der Waals surface area contributed by atoms with E-state index >= 15 is 0 Å². The molecule has 0 amide bonds. The number of rotatable bonds is 4. The molecule has 0 aromatic carbocycles. The van der Waals surface area contributed by atoms with Gasteiger partial charge in [0.2, 0.25) is 0 Å². The predicted molar refractivity (Wildman–Crippen MR) is 58.5 cm³/mol. The van der Waals surface area contributed by atoms with Crippen LogP contribution < -0.4 is 0 Å². The zero-order valence-electron chi connectivity index (χ0n) is 8.61. The fraction of sp³-hybridized carbons (Fsp3) is 0.667. The molecule has 1 fully saturated rings. The first kappa shape index (κ1) is 9.88. The summed E-state index contributed by atoms with van der Waals surface area (Å²) in [6.07, 6.45) is 9.18. The highest BCUT2D eigenvalue weighted by Crippen LogP contribution is 2.37. The van der Waals surface area contributed by atoms with Gasteiger partial charge in [-0.15, -0.1) is 0 Å². The third kappa shape index (κ3) is 2.43. The number of hydrogen-bond acceptors (Lipinski definition) is 1. The first-order chi connectivity index (χ1) is 6.86. The smallest absolute Gasteiger partial charge is 0.103 e. The van der Waals surface area contributed by atoms with Crippen molar-refractivity contribution in [2.75, 3.05) is 0 Å². The topological polar surface area (TPSA) is 13.1 Å². The lowest BCUT2D eigenvalue weighted by Gasteiger charge is -2.14. The van der Waals surface area contributed by atoms with Crippen molar-refractivity contribution in [1.29, 1.82) is 0 Å². The molecule has 0 spiro atoms. The molecule has 1 aromatic rings. The van der Waals surface area contributed by atoms with Crippen molar-refractivity contribution < 1.29 is 4.42 Å². The molecule has 0 N–H and O–H groups in total. The lowest BCUT2D eigenvalue weighted by atomic mass is 9.77. The molecular weight excluding hydrogens is 171 g/mol. The first-order valence-corrected chi connectivity index (χ1v) is 5.64. The Bertz CT molecular complexity index is 255. The van der Waals surface area contributed by atoms with Gasteiger partial charge >= 0.3 is 0 Å². The van der Waals surface area contributed by atoms with E-state index in [9.17, 15) is 0 Å². The summed E-state index contributed by atoms with van der Waals surface area (Å²) >= 11 is 0. The maximum Gasteiger partial charge on any atom is 0.103 e. The van der Waals surface area contributed by atoms with Crippen LogP contribution in [0.1, 0.15) is 37.9 Å². The molecular formula is C12H17BO. The van der Waals surface area contributed by atoms with Crippen molar-refractivity contribution in [1.82, 2.24) is 0 Å². The van der Waals surface area contributed by atoms with Crippen LogP contribution in [0.15, 0.2) is 22.8 Å². The second-order valence-electron chi connectivity index (χ2n) is 4.33. The van der Waals surface area contributed by atoms with Crippen LogP contribution in [0.2, 0.25) is 5.82 Å². The molecule has 2 radical (unpaired) electrons. The Morgan fingerprint density at radius 3 is 3.00 bits per heavy atom. The van der Waals surface area contributed by atoms with E-state index in [1.165, 1.54) is 32.1 Å². The van der Waals surface area contributed by atoms with Crippen molar-refractivity contribution in [3.8, 4) is 0 Å². The lowest BCUT2D eigenvalue weighted by molar-refractivity contribution is 0.451. The van der Waals surface area contributed by atoms with Gasteiger partial charge in [-0.3, -0.25) is 0 Å². The molecule has 2 atom stereocenters. The van der Waals surface area contributed by atoms with Crippen LogP contribution in [0.3, 0.4) is 0 Å². The molecule has 2 unspecified atom stereocenters. The minimum atomic E-state index is 0.464. The predicted octanol–water partition coefficient (Wildman–Crippen LogP) is 3.36. The van der Waals surface area contributed by atoms with Crippen molar-refractivity contribution >= 4 is 7.85 Å². The monoisotopic (exact) mass is 188 g/mol. The highest BCUT2D eigenvalue weighted by Gasteiger charge is 2.21. The summed E-state index contributed by atoms with van der Waals surface area (Å²) in [6.45, 7) is 0. The van der Waals surface area contributed by atoms with Crippen LogP contribution in [0, 0.1) is 5.92 Å². The minimum Gasteiger partial charge on any atom is -0.469 e. The van der Waals surface area contributed by atoms with Gasteiger partial charge in [-0.25, -0.2) is 0 Å². The summed E-state index contributed by atoms with van der Waals surface area (Å²) in [7, 11) is 6.01. The summed E-state index contributed by atoms with van der Waals surface area (Å²) in [4.78, 5) is 0. The molecule has 1 heterocycles. The van der Waals surface area contributed by atoms with E-state index in [4.69, 9.17) is 12.3 Å². The van der Waals surface area contributed by atoms with Crippen LogP contribution in [0.25, 0.3) is 0 Å². The second-order valence-corrected chi connectivity index (χ2v) is 4.33. The van der Waals surface area contributed by atoms with Crippen LogP contribution in [-0.2, 0) is 6.42 Å². The Kier molecular flexibility index (Phi) is 3.33. The van der Waals surface area contributed by atoms with Gasteiger partial charge in [0.1, 0.15) is 5.76 Å². The highest BCUT2D eigenvalue weighted by atomic mass is 16.3. The molecule has 2 heteroatoms. The molecule has 1 aromatic heterocycles. The molecule has 1 nitrogen and oxygen atoms in total. The van der Waals surface area contributed by atoms with Crippen molar-refractivity contribution in [3.63, 3.8) is 0 Å². The molecule has 1 saturated carbocycles. The Labute approximate surface area is 87.3 Å². The van der Waals surface area contributed by atoms with E-state index < -0.39 is 0 Å². The van der Waals surface area contributed by atoms with E-state index in [2.05, 4.69) is 6.07 Å². The summed E-state index contributed by atoms with van der Waals surface area (Å²) < 4.78 is 5.29. The molecule has 0 aliphatic heterocycles. The van der Waals surface area contributed by atoms with Crippen molar-refractivity contribution in [3.05, 3.63) is 24.2 Å². The summed E-state index contributed by atoms with van der Waals surface area (Å²) in [6, 6.07) is 4.01. The van der Waals surface area contributed by atoms with Gasteiger partial charge in [0.15, 0.2) is 0 Å². The van der Waals surface area contributed by atoms with E-state index in [0.29, 0.717) is 5.82 Å². The van der Waals surface area contributed by atoms with Gasteiger partial charge in [0.05, 0.1) is 14.1 Å². The average Bonchev–Trinajstić information content (AvgIpc) is 2.78. The zero-order chi connectivity index (χ0) is 9.80. The number of hydrogen-bond donors (Lipinski definition) is 0. The van der Waals surface area contributed by atoms with Crippen LogP contribution in [-0.4, -0.2) is 7.85 Å². The molecule has 14 heavy (non-hydrogen) atoms.